The SMILES string of the molecule is CCCCCCC/C=C/CCCCCCCOCC(COC(c1ccccc1)(c1ccccc1)c1ccccc1)OS(=O)(=O)c1ccc(C)cc1. The average molecular weight is 711 g/mol. The maximum absolute atomic E-state index is 13.5. The number of aryl methyl sites for hydroxylation is 1. The number of allylic oxidation sites excluding steroid dienone is 2. The summed E-state index contributed by atoms with van der Waals surface area (Å²) in [5.41, 5.74) is 2.76. The maximum atomic E-state index is 13.5. The van der Waals surface area contributed by atoms with Crippen molar-refractivity contribution in [2.24, 2.45) is 0 Å². The summed E-state index contributed by atoms with van der Waals surface area (Å²) in [5, 5.41) is 0. The molecule has 0 aliphatic carbocycles. The lowest BCUT2D eigenvalue weighted by atomic mass is 9.80. The van der Waals surface area contributed by atoms with Crippen molar-refractivity contribution in [1.82, 2.24) is 0 Å². The zero-order valence-electron chi connectivity index (χ0n) is 30.8. The van der Waals surface area contributed by atoms with Gasteiger partial charge in [-0.25, -0.2) is 0 Å². The first-order valence-electron chi connectivity index (χ1n) is 19.0. The Balaban J connectivity index is 1.39. The van der Waals surface area contributed by atoms with Gasteiger partial charge in [0, 0.05) is 6.61 Å². The molecule has 0 radical (unpaired) electrons. The van der Waals surface area contributed by atoms with E-state index in [-0.39, 0.29) is 18.1 Å². The standard InChI is InChI=1S/C45H58O5S/c1-3-4-5-6-7-8-9-10-11-12-13-14-15-25-36-48-37-43(50-51(46,47)44-34-32-39(2)33-35-44)38-49-45(40-26-19-16-20-27-40,41-28-21-17-22-29-41)42-30-23-18-24-31-42/h9-10,16-24,26-35,43H,3-8,11-15,25,36-38H2,1-2H3/b10-9+. The van der Waals surface area contributed by atoms with Crippen LogP contribution >= 0.6 is 0 Å². The van der Waals surface area contributed by atoms with Gasteiger partial charge >= 0.3 is 0 Å². The van der Waals surface area contributed by atoms with E-state index in [1.807, 2.05) is 97.9 Å². The Bertz CT molecular complexity index is 1520. The Morgan fingerprint density at radius 3 is 1.57 bits per heavy atom. The van der Waals surface area contributed by atoms with E-state index in [0.29, 0.717) is 6.61 Å². The smallest absolute Gasteiger partial charge is 0.297 e. The van der Waals surface area contributed by atoms with Crippen molar-refractivity contribution >= 4 is 10.1 Å². The minimum absolute atomic E-state index is 0.0178. The van der Waals surface area contributed by atoms with E-state index in [4.69, 9.17) is 13.7 Å². The Morgan fingerprint density at radius 1 is 0.588 bits per heavy atom. The van der Waals surface area contributed by atoms with Crippen molar-refractivity contribution in [3.05, 3.63) is 150 Å². The molecule has 0 saturated heterocycles. The lowest BCUT2D eigenvalue weighted by molar-refractivity contribution is -0.0535. The molecule has 0 amide bonds. The monoisotopic (exact) mass is 710 g/mol. The molecule has 0 aliphatic rings. The molecule has 4 aromatic rings. The van der Waals surface area contributed by atoms with Crippen LogP contribution in [0.5, 0.6) is 0 Å². The van der Waals surface area contributed by atoms with Crippen LogP contribution in [0, 0.1) is 6.92 Å². The Labute approximate surface area is 308 Å². The van der Waals surface area contributed by atoms with Crippen LogP contribution in [0.4, 0.5) is 0 Å². The van der Waals surface area contributed by atoms with Crippen LogP contribution in [0.15, 0.2) is 132 Å². The number of hydrogen-bond acceptors (Lipinski definition) is 5. The summed E-state index contributed by atoms with van der Waals surface area (Å²) in [7, 11) is -4.08. The highest BCUT2D eigenvalue weighted by Crippen LogP contribution is 2.40. The molecular formula is C45H58O5S. The van der Waals surface area contributed by atoms with Gasteiger partial charge in [0.1, 0.15) is 11.7 Å². The minimum Gasteiger partial charge on any atom is -0.379 e. The highest BCUT2D eigenvalue weighted by molar-refractivity contribution is 7.86. The highest BCUT2D eigenvalue weighted by atomic mass is 32.2. The summed E-state index contributed by atoms with van der Waals surface area (Å²) < 4.78 is 46.0. The lowest BCUT2D eigenvalue weighted by Crippen LogP contribution is -2.38. The zero-order valence-corrected chi connectivity index (χ0v) is 31.6. The second-order valence-corrected chi connectivity index (χ2v) is 15.0. The molecule has 0 spiro atoms. The molecule has 0 fully saturated rings. The minimum atomic E-state index is -4.08. The van der Waals surface area contributed by atoms with Crippen molar-refractivity contribution in [3.8, 4) is 0 Å². The second-order valence-electron chi connectivity index (χ2n) is 13.4. The van der Waals surface area contributed by atoms with Crippen molar-refractivity contribution in [1.29, 1.82) is 0 Å². The van der Waals surface area contributed by atoms with Gasteiger partial charge in [0.05, 0.1) is 18.1 Å². The van der Waals surface area contributed by atoms with Gasteiger partial charge < -0.3 is 9.47 Å². The number of ether oxygens (including phenoxy) is 2. The third-order valence-electron chi connectivity index (χ3n) is 9.20. The fraction of sp³-hybridized carbons (Fsp3) is 0.422. The van der Waals surface area contributed by atoms with Crippen molar-refractivity contribution < 1.29 is 22.1 Å². The summed E-state index contributed by atoms with van der Waals surface area (Å²) in [6, 6.07) is 36.8. The quantitative estimate of drug-likeness (QED) is 0.0296. The van der Waals surface area contributed by atoms with Crippen molar-refractivity contribution in [2.75, 3.05) is 19.8 Å². The van der Waals surface area contributed by atoms with Gasteiger partial charge in [0.15, 0.2) is 0 Å². The predicted octanol–water partition coefficient (Wildman–Crippen LogP) is 11.4. The largest absolute Gasteiger partial charge is 0.379 e. The third kappa shape index (κ3) is 13.2. The van der Waals surface area contributed by atoms with Gasteiger partial charge in [-0.1, -0.05) is 173 Å². The third-order valence-corrected chi connectivity index (χ3v) is 10.6. The summed E-state index contributed by atoms with van der Waals surface area (Å²) >= 11 is 0. The molecule has 5 nitrogen and oxygen atoms in total. The molecule has 1 unspecified atom stereocenters. The van der Waals surface area contributed by atoms with Gasteiger partial charge in [-0.3, -0.25) is 4.18 Å². The average Bonchev–Trinajstić information content (AvgIpc) is 3.16. The fourth-order valence-electron chi connectivity index (χ4n) is 6.34. The molecule has 4 aromatic carbocycles. The molecule has 4 rings (SSSR count). The Kier molecular flexibility index (Phi) is 17.7. The molecule has 0 bridgehead atoms. The fourth-order valence-corrected chi connectivity index (χ4v) is 7.39. The summed E-state index contributed by atoms with van der Waals surface area (Å²) in [6.45, 7) is 4.78. The zero-order chi connectivity index (χ0) is 36.0. The lowest BCUT2D eigenvalue weighted by Gasteiger charge is -2.37. The first kappa shape index (κ1) is 40.2. The number of benzene rings is 4. The van der Waals surface area contributed by atoms with Gasteiger partial charge in [0.2, 0.25) is 0 Å². The Morgan fingerprint density at radius 2 is 1.06 bits per heavy atom. The highest BCUT2D eigenvalue weighted by Gasteiger charge is 2.39. The Hall–Kier alpha value is -3.55. The van der Waals surface area contributed by atoms with Gasteiger partial charge in [-0.05, 0) is 67.9 Å². The molecule has 6 heteroatoms. The second kappa shape index (κ2) is 22.4. The molecule has 51 heavy (non-hydrogen) atoms. The normalized spacial score (nSPS) is 12.7. The van der Waals surface area contributed by atoms with Crippen LogP contribution in [-0.2, 0) is 29.4 Å². The molecule has 0 N–H and O–H groups in total. The molecule has 0 aromatic heterocycles. The topological polar surface area (TPSA) is 61.8 Å². The van der Waals surface area contributed by atoms with Crippen LogP contribution in [0.3, 0.4) is 0 Å². The van der Waals surface area contributed by atoms with Crippen LogP contribution in [0.1, 0.15) is 106 Å². The molecule has 0 aliphatic heterocycles. The maximum Gasteiger partial charge on any atom is 0.297 e. The van der Waals surface area contributed by atoms with E-state index < -0.39 is 21.8 Å². The number of rotatable bonds is 25. The van der Waals surface area contributed by atoms with E-state index in [0.717, 1.165) is 47.9 Å². The molecule has 1 atom stereocenters. The first-order chi connectivity index (χ1) is 25.0. The number of hydrogen-bond donors (Lipinski definition) is 0. The van der Waals surface area contributed by atoms with Gasteiger partial charge in [0.25, 0.3) is 10.1 Å². The van der Waals surface area contributed by atoms with Crippen LogP contribution in [0.25, 0.3) is 0 Å². The molecule has 0 heterocycles. The van der Waals surface area contributed by atoms with Gasteiger partial charge in [-0.2, -0.15) is 8.42 Å². The van der Waals surface area contributed by atoms with E-state index in [2.05, 4.69) is 19.1 Å². The van der Waals surface area contributed by atoms with Gasteiger partial charge in [-0.15, -0.1) is 0 Å². The van der Waals surface area contributed by atoms with E-state index in [1.165, 1.54) is 51.4 Å². The van der Waals surface area contributed by atoms with E-state index in [9.17, 15) is 8.42 Å². The molecule has 0 saturated carbocycles. The van der Waals surface area contributed by atoms with E-state index in [1.54, 1.807) is 24.3 Å². The van der Waals surface area contributed by atoms with E-state index >= 15 is 0 Å². The van der Waals surface area contributed by atoms with Crippen LogP contribution in [-0.4, -0.2) is 34.3 Å². The summed E-state index contributed by atoms with van der Waals surface area (Å²) in [5.74, 6) is 0. The summed E-state index contributed by atoms with van der Waals surface area (Å²) in [4.78, 5) is 0.111. The molecule has 274 valence electrons. The van der Waals surface area contributed by atoms with Crippen LogP contribution in [0.2, 0.25) is 0 Å². The van der Waals surface area contributed by atoms with Crippen molar-refractivity contribution in [2.45, 2.75) is 107 Å². The van der Waals surface area contributed by atoms with Crippen molar-refractivity contribution in [3.63, 3.8) is 0 Å². The van der Waals surface area contributed by atoms with Crippen LogP contribution < -0.4 is 0 Å². The number of unbranched alkanes of at least 4 members (excludes halogenated alkanes) is 10. The first-order valence-corrected chi connectivity index (χ1v) is 20.4. The molecular weight excluding hydrogens is 653 g/mol. The summed E-state index contributed by atoms with van der Waals surface area (Å²) in [6.07, 6.45) is 18.4. The predicted molar refractivity (Wildman–Crippen MR) is 209 cm³/mol.